The minimum absolute atomic E-state index is 0.00999. The Balaban J connectivity index is 1.60. The summed E-state index contributed by atoms with van der Waals surface area (Å²) in [6.45, 7) is 3.02. The minimum atomic E-state index is -3.42. The van der Waals surface area contributed by atoms with E-state index in [9.17, 15) is 8.42 Å². The highest BCUT2D eigenvalue weighted by Gasteiger charge is 2.44. The summed E-state index contributed by atoms with van der Waals surface area (Å²) >= 11 is 0. The second-order valence-electron chi connectivity index (χ2n) is 6.87. The molecule has 0 bridgehead atoms. The van der Waals surface area contributed by atoms with Crippen molar-refractivity contribution in [3.05, 3.63) is 12.0 Å². The third kappa shape index (κ3) is 2.30. The monoisotopic (exact) mass is 324 g/mol. The summed E-state index contributed by atoms with van der Waals surface area (Å²) in [5, 5.41) is 3.97. The maximum absolute atomic E-state index is 13.0. The second kappa shape index (κ2) is 5.32. The molecule has 0 aromatic carbocycles. The standard InChI is InChI=1S/C15H24N4O2S/c20-22(21,14-11-16-13-5-1-4-9-19(13)14)18-10-7-15(12-18)6-2-3-8-17-15/h11,17H,1-10,12H2. The van der Waals surface area contributed by atoms with E-state index in [4.69, 9.17) is 0 Å². The summed E-state index contributed by atoms with van der Waals surface area (Å²) < 4.78 is 29.6. The van der Waals surface area contributed by atoms with Gasteiger partial charge in [-0.2, -0.15) is 4.31 Å². The fraction of sp³-hybridized carbons (Fsp3) is 0.800. The molecule has 1 aromatic heterocycles. The maximum atomic E-state index is 13.0. The number of fused-ring (bicyclic) bond motifs is 1. The van der Waals surface area contributed by atoms with Crippen LogP contribution in [0.2, 0.25) is 0 Å². The number of aryl methyl sites for hydroxylation is 1. The van der Waals surface area contributed by atoms with E-state index >= 15 is 0 Å². The molecule has 1 atom stereocenters. The number of rotatable bonds is 2. The summed E-state index contributed by atoms with van der Waals surface area (Å²) in [5.41, 5.74) is 0.00999. The zero-order chi connectivity index (χ0) is 15.2. The van der Waals surface area contributed by atoms with Crippen LogP contribution in [-0.4, -0.2) is 47.4 Å². The molecule has 4 rings (SSSR count). The molecule has 6 nitrogen and oxygen atoms in total. The van der Waals surface area contributed by atoms with E-state index in [1.165, 1.54) is 12.8 Å². The first-order chi connectivity index (χ1) is 10.6. The molecule has 2 fully saturated rings. The van der Waals surface area contributed by atoms with Gasteiger partial charge in [-0.25, -0.2) is 13.4 Å². The van der Waals surface area contributed by atoms with E-state index in [0.717, 1.165) is 51.0 Å². The molecule has 3 aliphatic rings. The number of nitrogens with one attached hydrogen (secondary N) is 1. The Labute approximate surface area is 132 Å². The van der Waals surface area contributed by atoms with Crippen LogP contribution in [0.25, 0.3) is 0 Å². The van der Waals surface area contributed by atoms with Gasteiger partial charge in [0.1, 0.15) is 5.82 Å². The first-order valence-corrected chi connectivity index (χ1v) is 9.84. The zero-order valence-electron chi connectivity index (χ0n) is 12.9. The summed E-state index contributed by atoms with van der Waals surface area (Å²) in [5.74, 6) is 0.925. The van der Waals surface area contributed by atoms with Crippen LogP contribution in [0, 0.1) is 0 Å². The average Bonchev–Trinajstić information content (AvgIpc) is 3.13. The van der Waals surface area contributed by atoms with Gasteiger partial charge in [0.25, 0.3) is 10.0 Å². The van der Waals surface area contributed by atoms with Crippen LogP contribution in [-0.2, 0) is 23.0 Å². The van der Waals surface area contributed by atoms with E-state index in [-0.39, 0.29) is 5.54 Å². The van der Waals surface area contributed by atoms with Crippen LogP contribution < -0.4 is 5.32 Å². The molecule has 1 spiro atoms. The molecule has 3 aliphatic heterocycles. The molecular weight excluding hydrogens is 300 g/mol. The van der Waals surface area contributed by atoms with E-state index in [0.29, 0.717) is 18.1 Å². The Bertz CT molecular complexity index is 661. The van der Waals surface area contributed by atoms with Crippen molar-refractivity contribution in [2.75, 3.05) is 19.6 Å². The normalized spacial score (nSPS) is 29.8. The summed E-state index contributed by atoms with van der Waals surface area (Å²) in [6, 6.07) is 0. The lowest BCUT2D eigenvalue weighted by Gasteiger charge is -2.34. The number of imidazole rings is 1. The highest BCUT2D eigenvalue weighted by atomic mass is 32.2. The van der Waals surface area contributed by atoms with Gasteiger partial charge in [0.15, 0.2) is 5.03 Å². The van der Waals surface area contributed by atoms with Gasteiger partial charge in [0, 0.05) is 31.6 Å². The Morgan fingerprint density at radius 3 is 2.86 bits per heavy atom. The Morgan fingerprint density at radius 1 is 1.14 bits per heavy atom. The summed E-state index contributed by atoms with van der Waals surface area (Å²) in [7, 11) is -3.42. The number of hydrogen-bond acceptors (Lipinski definition) is 4. The first kappa shape index (κ1) is 14.7. The van der Waals surface area contributed by atoms with Gasteiger partial charge in [-0.15, -0.1) is 0 Å². The van der Waals surface area contributed by atoms with Crippen molar-refractivity contribution in [2.45, 2.75) is 62.1 Å². The van der Waals surface area contributed by atoms with Gasteiger partial charge in [0.05, 0.1) is 6.20 Å². The van der Waals surface area contributed by atoms with Gasteiger partial charge in [-0.3, -0.25) is 0 Å². The van der Waals surface area contributed by atoms with E-state index in [1.54, 1.807) is 10.5 Å². The molecule has 0 saturated carbocycles. The Morgan fingerprint density at radius 2 is 2.05 bits per heavy atom. The van der Waals surface area contributed by atoms with Crippen LogP contribution in [0.5, 0.6) is 0 Å². The van der Waals surface area contributed by atoms with Gasteiger partial charge >= 0.3 is 0 Å². The van der Waals surface area contributed by atoms with Crippen molar-refractivity contribution in [3.8, 4) is 0 Å². The third-order valence-corrected chi connectivity index (χ3v) is 7.28. The fourth-order valence-electron chi connectivity index (χ4n) is 4.14. The van der Waals surface area contributed by atoms with Crippen molar-refractivity contribution in [2.24, 2.45) is 0 Å². The molecule has 122 valence electrons. The zero-order valence-corrected chi connectivity index (χ0v) is 13.7. The highest BCUT2D eigenvalue weighted by molar-refractivity contribution is 7.89. The molecule has 4 heterocycles. The van der Waals surface area contributed by atoms with Crippen LogP contribution in [0.4, 0.5) is 0 Å². The first-order valence-electron chi connectivity index (χ1n) is 8.40. The van der Waals surface area contributed by atoms with Crippen LogP contribution in [0.3, 0.4) is 0 Å². The molecule has 2 saturated heterocycles. The SMILES string of the molecule is O=S(=O)(c1cnc2n1CCCC2)N1CCC2(CCCCN2)C1. The van der Waals surface area contributed by atoms with Crippen LogP contribution in [0.1, 0.15) is 44.3 Å². The molecule has 0 aliphatic carbocycles. The molecule has 1 aromatic rings. The maximum Gasteiger partial charge on any atom is 0.260 e. The van der Waals surface area contributed by atoms with Crippen molar-refractivity contribution in [1.29, 1.82) is 0 Å². The lowest BCUT2D eigenvalue weighted by molar-refractivity contribution is 0.265. The lowest BCUT2D eigenvalue weighted by atomic mass is 9.88. The van der Waals surface area contributed by atoms with Crippen molar-refractivity contribution in [1.82, 2.24) is 19.2 Å². The molecule has 0 amide bonds. The number of nitrogens with zero attached hydrogens (tertiary/aromatic N) is 3. The number of aromatic nitrogens is 2. The van der Waals surface area contributed by atoms with Gasteiger partial charge in [-0.05, 0) is 38.6 Å². The lowest BCUT2D eigenvalue weighted by Crippen LogP contribution is -2.50. The minimum Gasteiger partial charge on any atom is -0.318 e. The van der Waals surface area contributed by atoms with Crippen LogP contribution in [0.15, 0.2) is 11.2 Å². The summed E-state index contributed by atoms with van der Waals surface area (Å²) in [4.78, 5) is 4.34. The topological polar surface area (TPSA) is 67.2 Å². The van der Waals surface area contributed by atoms with Crippen LogP contribution >= 0.6 is 0 Å². The molecule has 1 unspecified atom stereocenters. The third-order valence-electron chi connectivity index (χ3n) is 5.44. The van der Waals surface area contributed by atoms with Crippen molar-refractivity contribution in [3.63, 3.8) is 0 Å². The van der Waals surface area contributed by atoms with E-state index in [1.807, 2.05) is 4.57 Å². The molecular formula is C15H24N4O2S. The van der Waals surface area contributed by atoms with Crippen molar-refractivity contribution < 1.29 is 8.42 Å². The van der Waals surface area contributed by atoms with E-state index in [2.05, 4.69) is 10.3 Å². The fourth-order valence-corrected chi connectivity index (χ4v) is 5.82. The molecule has 22 heavy (non-hydrogen) atoms. The molecule has 1 N–H and O–H groups in total. The van der Waals surface area contributed by atoms with E-state index < -0.39 is 10.0 Å². The predicted octanol–water partition coefficient (Wildman–Crippen LogP) is 1.13. The highest BCUT2D eigenvalue weighted by Crippen LogP contribution is 2.33. The second-order valence-corrected chi connectivity index (χ2v) is 8.76. The average molecular weight is 324 g/mol. The number of piperidine rings is 1. The molecule has 7 heteroatoms. The predicted molar refractivity (Wildman–Crippen MR) is 83.1 cm³/mol. The Hall–Kier alpha value is -0.920. The summed E-state index contributed by atoms with van der Waals surface area (Å²) in [6.07, 6.45) is 9.01. The smallest absolute Gasteiger partial charge is 0.260 e. The number of sulfonamides is 1. The van der Waals surface area contributed by atoms with Gasteiger partial charge < -0.3 is 9.88 Å². The van der Waals surface area contributed by atoms with Gasteiger partial charge in [-0.1, -0.05) is 6.42 Å². The number of hydrogen-bond donors (Lipinski definition) is 1. The largest absolute Gasteiger partial charge is 0.318 e. The van der Waals surface area contributed by atoms with Gasteiger partial charge in [0.2, 0.25) is 0 Å². The Kier molecular flexibility index (Phi) is 3.54. The quantitative estimate of drug-likeness (QED) is 0.885. The van der Waals surface area contributed by atoms with Crippen molar-refractivity contribution >= 4 is 10.0 Å². The molecule has 0 radical (unpaired) electrons.